The van der Waals surface area contributed by atoms with Crippen LogP contribution in [-0.2, 0) is 0 Å². The first kappa shape index (κ1) is 14.5. The van der Waals surface area contributed by atoms with E-state index in [0.29, 0.717) is 24.9 Å². The quantitative estimate of drug-likeness (QED) is 0.571. The lowest BCUT2D eigenvalue weighted by molar-refractivity contribution is 0.228. The molecule has 1 aliphatic rings. The predicted molar refractivity (Wildman–Crippen MR) is 79.8 cm³/mol. The lowest BCUT2D eigenvalue weighted by atomic mass is 9.96. The molecular weight excluding hydrogens is 254 g/mol. The summed E-state index contributed by atoms with van der Waals surface area (Å²) in [4.78, 5) is 11.7. The van der Waals surface area contributed by atoms with E-state index < -0.39 is 0 Å². The third-order valence-electron chi connectivity index (χ3n) is 3.45. The first-order chi connectivity index (χ1) is 9.74. The van der Waals surface area contributed by atoms with Crippen LogP contribution in [0.2, 0.25) is 0 Å². The molecule has 1 aliphatic carbocycles. The van der Waals surface area contributed by atoms with E-state index in [1.807, 2.05) is 18.2 Å². The first-order valence-corrected chi connectivity index (χ1v) is 7.27. The molecule has 0 heterocycles. The Morgan fingerprint density at radius 3 is 2.85 bits per heavy atom. The molecule has 1 saturated carbocycles. The van der Waals surface area contributed by atoms with Gasteiger partial charge < -0.3 is 21.1 Å². The van der Waals surface area contributed by atoms with Gasteiger partial charge >= 0.3 is 6.03 Å². The molecule has 0 bridgehead atoms. The highest BCUT2D eigenvalue weighted by atomic mass is 16.5. The molecule has 2 rings (SSSR count). The number of anilines is 1. The predicted octanol–water partition coefficient (Wildman–Crippen LogP) is 2.28. The average Bonchev–Trinajstić information content (AvgIpc) is 2.45. The van der Waals surface area contributed by atoms with Crippen molar-refractivity contribution in [2.24, 2.45) is 0 Å². The number of nitrogens with two attached hydrogens (primary N) is 1. The van der Waals surface area contributed by atoms with Crippen molar-refractivity contribution in [3.8, 4) is 5.75 Å². The van der Waals surface area contributed by atoms with E-state index in [0.717, 1.165) is 18.6 Å². The SMILES string of the molecule is Nc1cccc(OCCNC(=O)NC2CCCCC2)c1. The first-order valence-electron chi connectivity index (χ1n) is 7.27. The molecule has 4 N–H and O–H groups in total. The second kappa shape index (κ2) is 7.62. The molecule has 110 valence electrons. The second-order valence-corrected chi connectivity index (χ2v) is 5.16. The van der Waals surface area contributed by atoms with Gasteiger partial charge in [0.05, 0.1) is 6.54 Å². The maximum Gasteiger partial charge on any atom is 0.315 e. The van der Waals surface area contributed by atoms with Crippen molar-refractivity contribution in [2.45, 2.75) is 38.1 Å². The van der Waals surface area contributed by atoms with Crippen LogP contribution in [0.1, 0.15) is 32.1 Å². The van der Waals surface area contributed by atoms with Crippen LogP contribution in [0.4, 0.5) is 10.5 Å². The fourth-order valence-electron chi connectivity index (χ4n) is 2.42. The Kier molecular flexibility index (Phi) is 5.53. The number of ether oxygens (including phenoxy) is 1. The summed E-state index contributed by atoms with van der Waals surface area (Å²) >= 11 is 0. The third kappa shape index (κ3) is 4.99. The standard InChI is InChI=1S/C15H23N3O2/c16-12-5-4-8-14(11-12)20-10-9-17-15(19)18-13-6-2-1-3-7-13/h4-5,8,11,13H,1-3,6-7,9-10,16H2,(H2,17,18,19). The van der Waals surface area contributed by atoms with Crippen molar-refractivity contribution in [3.63, 3.8) is 0 Å². The van der Waals surface area contributed by atoms with Crippen LogP contribution in [0.3, 0.4) is 0 Å². The van der Waals surface area contributed by atoms with E-state index in [9.17, 15) is 4.79 Å². The minimum absolute atomic E-state index is 0.104. The summed E-state index contributed by atoms with van der Waals surface area (Å²) in [6, 6.07) is 7.49. The van der Waals surface area contributed by atoms with Gasteiger partial charge in [-0.1, -0.05) is 25.3 Å². The fourth-order valence-corrected chi connectivity index (χ4v) is 2.42. The van der Waals surface area contributed by atoms with Gasteiger partial charge in [0, 0.05) is 17.8 Å². The summed E-state index contributed by atoms with van der Waals surface area (Å²) in [6.07, 6.45) is 5.89. The summed E-state index contributed by atoms with van der Waals surface area (Å²) in [5.74, 6) is 0.722. The van der Waals surface area contributed by atoms with Gasteiger partial charge in [-0.3, -0.25) is 0 Å². The van der Waals surface area contributed by atoms with Crippen molar-refractivity contribution >= 4 is 11.7 Å². The van der Waals surface area contributed by atoms with E-state index in [1.54, 1.807) is 6.07 Å². The molecule has 5 nitrogen and oxygen atoms in total. The number of carbonyl (C=O) groups excluding carboxylic acids is 1. The summed E-state index contributed by atoms with van der Waals surface area (Å²) < 4.78 is 5.50. The van der Waals surface area contributed by atoms with Gasteiger partial charge in [0.15, 0.2) is 0 Å². The number of rotatable bonds is 5. The molecule has 1 fully saturated rings. The number of amides is 2. The zero-order valence-corrected chi connectivity index (χ0v) is 11.7. The van der Waals surface area contributed by atoms with Crippen molar-refractivity contribution in [1.82, 2.24) is 10.6 Å². The van der Waals surface area contributed by atoms with Gasteiger partial charge in [-0.15, -0.1) is 0 Å². The molecule has 0 atom stereocenters. The maximum absolute atomic E-state index is 11.7. The van der Waals surface area contributed by atoms with E-state index in [-0.39, 0.29) is 6.03 Å². The Balaban J connectivity index is 1.59. The molecule has 0 aliphatic heterocycles. The highest BCUT2D eigenvalue weighted by Crippen LogP contribution is 2.17. The second-order valence-electron chi connectivity index (χ2n) is 5.16. The summed E-state index contributed by atoms with van der Waals surface area (Å²) in [6.45, 7) is 0.912. The van der Waals surface area contributed by atoms with E-state index in [1.165, 1.54) is 19.3 Å². The number of nitrogens with one attached hydrogen (secondary N) is 2. The molecule has 1 aromatic carbocycles. The van der Waals surface area contributed by atoms with Gasteiger partial charge in [-0.2, -0.15) is 0 Å². The fraction of sp³-hybridized carbons (Fsp3) is 0.533. The van der Waals surface area contributed by atoms with Crippen LogP contribution >= 0.6 is 0 Å². The van der Waals surface area contributed by atoms with Crippen LogP contribution in [-0.4, -0.2) is 25.2 Å². The highest BCUT2D eigenvalue weighted by molar-refractivity contribution is 5.74. The molecule has 5 heteroatoms. The topological polar surface area (TPSA) is 76.4 Å². The Labute approximate surface area is 119 Å². The third-order valence-corrected chi connectivity index (χ3v) is 3.45. The van der Waals surface area contributed by atoms with Crippen LogP contribution in [0.5, 0.6) is 5.75 Å². The molecule has 0 spiro atoms. The summed E-state index contributed by atoms with van der Waals surface area (Å²) in [7, 11) is 0. The zero-order valence-electron chi connectivity index (χ0n) is 11.7. The van der Waals surface area contributed by atoms with Crippen LogP contribution < -0.4 is 21.1 Å². The van der Waals surface area contributed by atoms with Gasteiger partial charge in [0.25, 0.3) is 0 Å². The van der Waals surface area contributed by atoms with Crippen LogP contribution in [0, 0.1) is 0 Å². The maximum atomic E-state index is 11.7. The molecule has 0 unspecified atom stereocenters. The van der Waals surface area contributed by atoms with E-state index >= 15 is 0 Å². The molecule has 0 radical (unpaired) electrons. The number of hydrogen-bond acceptors (Lipinski definition) is 3. The number of urea groups is 1. The number of benzene rings is 1. The number of nitrogen functional groups attached to an aromatic ring is 1. The summed E-state index contributed by atoms with van der Waals surface area (Å²) in [5, 5.41) is 5.81. The molecule has 20 heavy (non-hydrogen) atoms. The van der Waals surface area contributed by atoms with Gasteiger partial charge in [-0.25, -0.2) is 4.79 Å². The molecule has 0 saturated heterocycles. The molecule has 2 amide bonds. The summed E-state index contributed by atoms with van der Waals surface area (Å²) in [5.41, 5.74) is 6.33. The average molecular weight is 277 g/mol. The lowest BCUT2D eigenvalue weighted by Gasteiger charge is -2.22. The Bertz CT molecular complexity index is 431. The largest absolute Gasteiger partial charge is 0.492 e. The Morgan fingerprint density at radius 2 is 2.10 bits per heavy atom. The smallest absolute Gasteiger partial charge is 0.315 e. The number of hydrogen-bond donors (Lipinski definition) is 3. The van der Waals surface area contributed by atoms with Gasteiger partial charge in [0.2, 0.25) is 0 Å². The highest BCUT2D eigenvalue weighted by Gasteiger charge is 2.14. The zero-order chi connectivity index (χ0) is 14.2. The van der Waals surface area contributed by atoms with Gasteiger partial charge in [0.1, 0.15) is 12.4 Å². The van der Waals surface area contributed by atoms with Crippen molar-refractivity contribution in [3.05, 3.63) is 24.3 Å². The van der Waals surface area contributed by atoms with Crippen molar-refractivity contribution < 1.29 is 9.53 Å². The monoisotopic (exact) mass is 277 g/mol. The molecular formula is C15H23N3O2. The minimum atomic E-state index is -0.104. The van der Waals surface area contributed by atoms with Crippen LogP contribution in [0.25, 0.3) is 0 Å². The number of carbonyl (C=O) groups is 1. The minimum Gasteiger partial charge on any atom is -0.492 e. The Morgan fingerprint density at radius 1 is 1.30 bits per heavy atom. The van der Waals surface area contributed by atoms with E-state index in [4.69, 9.17) is 10.5 Å². The lowest BCUT2D eigenvalue weighted by Crippen LogP contribution is -2.44. The van der Waals surface area contributed by atoms with Crippen molar-refractivity contribution in [2.75, 3.05) is 18.9 Å². The normalized spacial score (nSPS) is 15.6. The van der Waals surface area contributed by atoms with Crippen molar-refractivity contribution in [1.29, 1.82) is 0 Å². The molecule has 1 aromatic rings. The Hall–Kier alpha value is -1.91. The van der Waals surface area contributed by atoms with Crippen LogP contribution in [0.15, 0.2) is 24.3 Å². The molecule has 0 aromatic heterocycles. The van der Waals surface area contributed by atoms with Gasteiger partial charge in [-0.05, 0) is 25.0 Å². The van der Waals surface area contributed by atoms with E-state index in [2.05, 4.69) is 10.6 Å².